The third-order valence-corrected chi connectivity index (χ3v) is 3.33. The Balaban J connectivity index is 2.04. The summed E-state index contributed by atoms with van der Waals surface area (Å²) in [7, 11) is -3.40. The van der Waals surface area contributed by atoms with Crippen molar-refractivity contribution in [2.45, 2.75) is 6.42 Å². The van der Waals surface area contributed by atoms with Gasteiger partial charge in [-0.1, -0.05) is 24.3 Å². The highest BCUT2D eigenvalue weighted by Crippen LogP contribution is 2.18. The number of benzene rings is 1. The fraction of sp³-hybridized carbons (Fsp3) is 0.273. The molecule has 0 unspecified atom stereocenters. The molecule has 1 heterocycles. The topological polar surface area (TPSA) is 98.0 Å². The molecule has 0 fully saturated rings. The van der Waals surface area contributed by atoms with Gasteiger partial charge in [0.1, 0.15) is 0 Å². The number of nitrogens with one attached hydrogen (secondary N) is 1. The highest BCUT2D eigenvalue weighted by molar-refractivity contribution is 7.89. The minimum absolute atomic E-state index is 0.0435. The molecule has 2 rings (SSSR count). The van der Waals surface area contributed by atoms with Crippen LogP contribution in [0.2, 0.25) is 0 Å². The van der Waals surface area contributed by atoms with Crippen LogP contribution in [0.4, 0.5) is 5.82 Å². The normalized spacial score (nSPS) is 11.6. The Morgan fingerprint density at radius 3 is 2.83 bits per heavy atom. The van der Waals surface area contributed by atoms with Crippen molar-refractivity contribution >= 4 is 26.6 Å². The predicted molar refractivity (Wildman–Crippen MR) is 70.6 cm³/mol. The fourth-order valence-corrected chi connectivity index (χ4v) is 2.19. The molecule has 0 spiro atoms. The zero-order chi connectivity index (χ0) is 13.0. The van der Waals surface area contributed by atoms with Gasteiger partial charge in [-0.15, -0.1) is 5.10 Å². The molecular formula is C11H14N4O2S. The van der Waals surface area contributed by atoms with E-state index < -0.39 is 10.0 Å². The van der Waals surface area contributed by atoms with Gasteiger partial charge in [-0.3, -0.25) is 0 Å². The van der Waals surface area contributed by atoms with Gasteiger partial charge in [-0.2, -0.15) is 5.10 Å². The summed E-state index contributed by atoms with van der Waals surface area (Å²) in [6.07, 6.45) is 2.12. The van der Waals surface area contributed by atoms with Gasteiger partial charge in [0.05, 0.1) is 11.9 Å². The summed E-state index contributed by atoms with van der Waals surface area (Å²) >= 11 is 0. The van der Waals surface area contributed by atoms with E-state index in [1.54, 1.807) is 6.20 Å². The molecular weight excluding hydrogens is 252 g/mol. The number of sulfonamides is 1. The molecule has 0 bridgehead atoms. The summed E-state index contributed by atoms with van der Waals surface area (Å²) in [5, 5.41) is 17.8. The average molecular weight is 266 g/mol. The van der Waals surface area contributed by atoms with E-state index in [0.717, 1.165) is 10.8 Å². The summed E-state index contributed by atoms with van der Waals surface area (Å²) in [5.74, 6) is 0.612. The largest absolute Gasteiger partial charge is 0.368 e. The fourth-order valence-electron chi connectivity index (χ4n) is 1.64. The zero-order valence-electron chi connectivity index (χ0n) is 9.70. The number of fused-ring (bicyclic) bond motifs is 1. The van der Waals surface area contributed by atoms with E-state index >= 15 is 0 Å². The first-order valence-electron chi connectivity index (χ1n) is 5.51. The molecule has 0 saturated heterocycles. The molecule has 96 valence electrons. The van der Waals surface area contributed by atoms with Gasteiger partial charge >= 0.3 is 0 Å². The molecule has 0 aliphatic carbocycles. The SMILES string of the molecule is NS(=O)(=O)CCCNc1nncc2ccccc12. The Morgan fingerprint density at radius 1 is 1.28 bits per heavy atom. The molecule has 7 heteroatoms. The van der Waals surface area contributed by atoms with Crippen LogP contribution in [0, 0.1) is 0 Å². The van der Waals surface area contributed by atoms with E-state index in [9.17, 15) is 8.42 Å². The van der Waals surface area contributed by atoms with E-state index in [0.29, 0.717) is 18.8 Å². The summed E-state index contributed by atoms with van der Waals surface area (Å²) in [4.78, 5) is 0. The lowest BCUT2D eigenvalue weighted by atomic mass is 10.2. The van der Waals surface area contributed by atoms with Crippen molar-refractivity contribution in [2.75, 3.05) is 17.6 Å². The second-order valence-electron chi connectivity index (χ2n) is 3.93. The monoisotopic (exact) mass is 266 g/mol. The van der Waals surface area contributed by atoms with Crippen LogP contribution in [-0.4, -0.2) is 30.9 Å². The summed E-state index contributed by atoms with van der Waals surface area (Å²) in [6.45, 7) is 0.485. The van der Waals surface area contributed by atoms with Gasteiger partial charge in [-0.25, -0.2) is 13.6 Å². The predicted octanol–water partition coefficient (Wildman–Crippen LogP) is 0.720. The number of nitrogens with two attached hydrogens (primary N) is 1. The number of rotatable bonds is 5. The third-order valence-electron chi connectivity index (χ3n) is 2.47. The van der Waals surface area contributed by atoms with Gasteiger partial charge in [-0.05, 0) is 6.42 Å². The molecule has 1 aromatic heterocycles. The second-order valence-corrected chi connectivity index (χ2v) is 5.66. The highest BCUT2D eigenvalue weighted by atomic mass is 32.2. The standard InChI is InChI=1S/C11H14N4O2S/c12-18(16,17)7-3-6-13-11-10-5-2-1-4-9(10)8-14-15-11/h1-2,4-5,8H,3,6-7H2,(H,13,15)(H2,12,16,17). The molecule has 0 aliphatic rings. The molecule has 0 aliphatic heterocycles. The Bertz CT molecular complexity index is 637. The van der Waals surface area contributed by atoms with Gasteiger partial charge in [0, 0.05) is 17.3 Å². The summed E-state index contributed by atoms with van der Waals surface area (Å²) in [5.41, 5.74) is 0. The molecule has 0 amide bonds. The van der Waals surface area contributed by atoms with Gasteiger partial charge < -0.3 is 5.32 Å². The number of hydrogen-bond donors (Lipinski definition) is 2. The van der Waals surface area contributed by atoms with E-state index in [1.807, 2.05) is 24.3 Å². The Hall–Kier alpha value is -1.73. The van der Waals surface area contributed by atoms with Crippen LogP contribution in [0.15, 0.2) is 30.5 Å². The van der Waals surface area contributed by atoms with Crippen molar-refractivity contribution in [3.05, 3.63) is 30.5 Å². The van der Waals surface area contributed by atoms with Crippen LogP contribution in [0.3, 0.4) is 0 Å². The van der Waals surface area contributed by atoms with E-state index in [1.165, 1.54) is 0 Å². The number of aromatic nitrogens is 2. The Labute approximate surface area is 105 Å². The molecule has 2 aromatic rings. The molecule has 0 radical (unpaired) electrons. The van der Waals surface area contributed by atoms with Crippen molar-refractivity contribution in [1.29, 1.82) is 0 Å². The smallest absolute Gasteiger partial charge is 0.209 e. The molecule has 0 atom stereocenters. The Kier molecular flexibility index (Phi) is 3.73. The first kappa shape index (κ1) is 12.7. The number of anilines is 1. The molecule has 18 heavy (non-hydrogen) atoms. The number of primary sulfonamides is 1. The van der Waals surface area contributed by atoms with Crippen LogP contribution < -0.4 is 10.5 Å². The maximum absolute atomic E-state index is 10.8. The quantitative estimate of drug-likeness (QED) is 0.777. The van der Waals surface area contributed by atoms with Crippen LogP contribution in [0.1, 0.15) is 6.42 Å². The molecule has 0 saturated carbocycles. The first-order chi connectivity index (χ1) is 8.56. The van der Waals surface area contributed by atoms with Crippen LogP contribution in [0.5, 0.6) is 0 Å². The van der Waals surface area contributed by atoms with Crippen molar-refractivity contribution in [2.24, 2.45) is 5.14 Å². The molecule has 3 N–H and O–H groups in total. The maximum Gasteiger partial charge on any atom is 0.209 e. The number of hydrogen-bond acceptors (Lipinski definition) is 5. The zero-order valence-corrected chi connectivity index (χ0v) is 10.5. The Morgan fingerprint density at radius 2 is 2.06 bits per heavy atom. The van der Waals surface area contributed by atoms with Crippen LogP contribution in [0.25, 0.3) is 10.8 Å². The van der Waals surface area contributed by atoms with E-state index in [-0.39, 0.29) is 5.75 Å². The van der Waals surface area contributed by atoms with Crippen LogP contribution in [-0.2, 0) is 10.0 Å². The summed E-state index contributed by atoms with van der Waals surface area (Å²) in [6, 6.07) is 7.72. The molecule has 1 aromatic carbocycles. The van der Waals surface area contributed by atoms with Crippen molar-refractivity contribution in [1.82, 2.24) is 10.2 Å². The van der Waals surface area contributed by atoms with E-state index in [4.69, 9.17) is 5.14 Å². The summed E-state index contributed by atoms with van der Waals surface area (Å²) < 4.78 is 21.6. The highest BCUT2D eigenvalue weighted by Gasteiger charge is 2.04. The van der Waals surface area contributed by atoms with Gasteiger partial charge in [0.15, 0.2) is 5.82 Å². The van der Waals surface area contributed by atoms with Crippen LogP contribution >= 0.6 is 0 Å². The van der Waals surface area contributed by atoms with Crippen molar-refractivity contribution in [3.63, 3.8) is 0 Å². The molecule has 6 nitrogen and oxygen atoms in total. The van der Waals surface area contributed by atoms with Crippen molar-refractivity contribution in [3.8, 4) is 0 Å². The number of nitrogens with zero attached hydrogens (tertiary/aromatic N) is 2. The van der Waals surface area contributed by atoms with Gasteiger partial charge in [0.2, 0.25) is 10.0 Å². The minimum atomic E-state index is -3.40. The second kappa shape index (κ2) is 5.28. The lowest BCUT2D eigenvalue weighted by molar-refractivity contribution is 0.595. The minimum Gasteiger partial charge on any atom is -0.368 e. The van der Waals surface area contributed by atoms with Crippen molar-refractivity contribution < 1.29 is 8.42 Å². The third kappa shape index (κ3) is 3.38. The van der Waals surface area contributed by atoms with Gasteiger partial charge in [0.25, 0.3) is 0 Å². The average Bonchev–Trinajstić information content (AvgIpc) is 2.33. The first-order valence-corrected chi connectivity index (χ1v) is 7.22. The van der Waals surface area contributed by atoms with E-state index in [2.05, 4.69) is 15.5 Å². The maximum atomic E-state index is 10.8. The lowest BCUT2D eigenvalue weighted by Gasteiger charge is -2.07. The lowest BCUT2D eigenvalue weighted by Crippen LogP contribution is -2.19.